The Hall–Kier alpha value is -2.28. The first kappa shape index (κ1) is 14.6. The van der Waals surface area contributed by atoms with Crippen LogP contribution in [0.2, 0.25) is 0 Å². The molecule has 1 amide bonds. The number of benzene rings is 1. The number of aliphatic hydroxyl groups excluding tert-OH is 1. The summed E-state index contributed by atoms with van der Waals surface area (Å²) in [6.45, 7) is 1.71. The molecule has 0 spiro atoms. The highest BCUT2D eigenvalue weighted by molar-refractivity contribution is 5.78. The van der Waals surface area contributed by atoms with E-state index in [1.165, 1.54) is 6.33 Å². The molecule has 1 aromatic heterocycles. The molecule has 0 aliphatic carbocycles. The Labute approximate surface area is 128 Å². The highest BCUT2D eigenvalue weighted by Gasteiger charge is 2.22. The standard InChI is InChI=1S/C15H19N5O2/c21-10-13-5-7-19(8-6-13)15(22)9-12-1-3-14(4-2-12)20-11-16-17-18-20/h1-4,11,13,21H,5-10H2. The van der Waals surface area contributed by atoms with Crippen LogP contribution in [0, 0.1) is 5.92 Å². The van der Waals surface area contributed by atoms with E-state index in [4.69, 9.17) is 5.11 Å². The third-order valence-electron chi connectivity index (χ3n) is 4.13. The molecule has 1 aliphatic rings. The maximum atomic E-state index is 12.3. The number of piperidine rings is 1. The van der Waals surface area contributed by atoms with E-state index >= 15 is 0 Å². The summed E-state index contributed by atoms with van der Waals surface area (Å²) in [5.74, 6) is 0.492. The lowest BCUT2D eigenvalue weighted by Gasteiger charge is -2.31. The molecule has 7 nitrogen and oxygen atoms in total. The number of rotatable bonds is 4. The summed E-state index contributed by atoms with van der Waals surface area (Å²) < 4.78 is 1.57. The van der Waals surface area contributed by atoms with E-state index in [-0.39, 0.29) is 12.5 Å². The smallest absolute Gasteiger partial charge is 0.226 e. The van der Waals surface area contributed by atoms with E-state index in [0.717, 1.165) is 37.2 Å². The van der Waals surface area contributed by atoms with E-state index in [0.29, 0.717) is 12.3 Å². The quantitative estimate of drug-likeness (QED) is 0.885. The lowest BCUT2D eigenvalue weighted by Crippen LogP contribution is -2.40. The first-order chi connectivity index (χ1) is 10.8. The summed E-state index contributed by atoms with van der Waals surface area (Å²) in [6, 6.07) is 7.65. The molecule has 22 heavy (non-hydrogen) atoms. The summed E-state index contributed by atoms with van der Waals surface area (Å²) in [4.78, 5) is 14.2. The molecule has 2 heterocycles. The third-order valence-corrected chi connectivity index (χ3v) is 4.13. The van der Waals surface area contributed by atoms with E-state index < -0.39 is 0 Å². The Morgan fingerprint density at radius 1 is 1.23 bits per heavy atom. The highest BCUT2D eigenvalue weighted by Crippen LogP contribution is 2.17. The number of aliphatic hydroxyl groups is 1. The van der Waals surface area contributed by atoms with Crippen molar-refractivity contribution in [1.29, 1.82) is 0 Å². The molecule has 0 atom stereocenters. The Bertz CT molecular complexity index is 603. The Balaban J connectivity index is 1.58. The maximum Gasteiger partial charge on any atom is 0.226 e. The third kappa shape index (κ3) is 3.30. The van der Waals surface area contributed by atoms with Crippen LogP contribution in [-0.4, -0.2) is 55.8 Å². The predicted molar refractivity (Wildman–Crippen MR) is 79.2 cm³/mol. The van der Waals surface area contributed by atoms with Crippen LogP contribution >= 0.6 is 0 Å². The van der Waals surface area contributed by atoms with Crippen LogP contribution in [0.3, 0.4) is 0 Å². The molecule has 0 saturated carbocycles. The van der Waals surface area contributed by atoms with Crippen LogP contribution < -0.4 is 0 Å². The molecular weight excluding hydrogens is 282 g/mol. The molecule has 7 heteroatoms. The molecule has 0 unspecified atom stereocenters. The Kier molecular flexibility index (Phi) is 4.43. The van der Waals surface area contributed by atoms with Crippen molar-refractivity contribution in [2.75, 3.05) is 19.7 Å². The van der Waals surface area contributed by atoms with Gasteiger partial charge in [0.05, 0.1) is 12.1 Å². The summed E-state index contributed by atoms with van der Waals surface area (Å²) >= 11 is 0. The summed E-state index contributed by atoms with van der Waals surface area (Å²) in [6.07, 6.45) is 3.71. The van der Waals surface area contributed by atoms with Crippen molar-refractivity contribution in [1.82, 2.24) is 25.1 Å². The number of amides is 1. The average Bonchev–Trinajstić information content (AvgIpc) is 3.10. The van der Waals surface area contributed by atoms with Gasteiger partial charge < -0.3 is 10.0 Å². The van der Waals surface area contributed by atoms with Crippen LogP contribution in [0.4, 0.5) is 0 Å². The topological polar surface area (TPSA) is 84.1 Å². The number of carbonyl (C=O) groups is 1. The van der Waals surface area contributed by atoms with Crippen molar-refractivity contribution >= 4 is 5.91 Å². The molecule has 0 radical (unpaired) electrons. The number of tetrazole rings is 1. The number of nitrogens with zero attached hydrogens (tertiary/aromatic N) is 5. The van der Waals surface area contributed by atoms with Gasteiger partial charge in [-0.1, -0.05) is 12.1 Å². The number of aromatic nitrogens is 4. The van der Waals surface area contributed by atoms with E-state index in [9.17, 15) is 4.79 Å². The van der Waals surface area contributed by atoms with Gasteiger partial charge in [-0.3, -0.25) is 4.79 Å². The van der Waals surface area contributed by atoms with Crippen molar-refractivity contribution < 1.29 is 9.90 Å². The van der Waals surface area contributed by atoms with Crippen LogP contribution in [0.15, 0.2) is 30.6 Å². The van der Waals surface area contributed by atoms with Crippen molar-refractivity contribution in [2.45, 2.75) is 19.3 Å². The first-order valence-electron chi connectivity index (χ1n) is 7.47. The van der Waals surface area contributed by atoms with Gasteiger partial charge in [0, 0.05) is 19.7 Å². The van der Waals surface area contributed by atoms with Gasteiger partial charge in [-0.05, 0) is 46.9 Å². The van der Waals surface area contributed by atoms with Gasteiger partial charge in [0.1, 0.15) is 6.33 Å². The zero-order valence-electron chi connectivity index (χ0n) is 12.3. The molecular formula is C15H19N5O2. The summed E-state index contributed by atoms with van der Waals surface area (Å²) in [7, 11) is 0. The summed E-state index contributed by atoms with van der Waals surface area (Å²) in [5, 5.41) is 20.2. The monoisotopic (exact) mass is 301 g/mol. The number of carbonyl (C=O) groups excluding carboxylic acids is 1. The minimum Gasteiger partial charge on any atom is -0.396 e. The lowest BCUT2D eigenvalue weighted by atomic mass is 9.97. The largest absolute Gasteiger partial charge is 0.396 e. The van der Waals surface area contributed by atoms with Crippen LogP contribution in [-0.2, 0) is 11.2 Å². The fourth-order valence-corrected chi connectivity index (χ4v) is 2.70. The maximum absolute atomic E-state index is 12.3. The lowest BCUT2D eigenvalue weighted by molar-refractivity contribution is -0.132. The van der Waals surface area contributed by atoms with Gasteiger partial charge in [-0.25, -0.2) is 4.68 Å². The second kappa shape index (κ2) is 6.65. The SMILES string of the molecule is O=C(Cc1ccc(-n2cnnn2)cc1)N1CCC(CO)CC1. The van der Waals surface area contributed by atoms with Crippen LogP contribution in [0.1, 0.15) is 18.4 Å². The van der Waals surface area contributed by atoms with Crippen molar-refractivity contribution in [3.05, 3.63) is 36.2 Å². The van der Waals surface area contributed by atoms with Gasteiger partial charge in [0.25, 0.3) is 0 Å². The fraction of sp³-hybridized carbons (Fsp3) is 0.467. The molecule has 116 valence electrons. The van der Waals surface area contributed by atoms with Gasteiger partial charge in [0.2, 0.25) is 5.91 Å². The Morgan fingerprint density at radius 2 is 1.95 bits per heavy atom. The molecule has 1 saturated heterocycles. The Morgan fingerprint density at radius 3 is 2.55 bits per heavy atom. The molecule has 1 aromatic carbocycles. The fourth-order valence-electron chi connectivity index (χ4n) is 2.70. The van der Waals surface area contributed by atoms with Gasteiger partial charge in [-0.2, -0.15) is 0 Å². The van der Waals surface area contributed by atoms with Gasteiger partial charge in [-0.15, -0.1) is 5.10 Å². The molecule has 2 aromatic rings. The van der Waals surface area contributed by atoms with E-state index in [1.807, 2.05) is 29.2 Å². The predicted octanol–water partition coefficient (Wildman–Crippen LogP) is 0.436. The zero-order chi connectivity index (χ0) is 15.4. The normalized spacial score (nSPS) is 16.0. The minimum absolute atomic E-state index is 0.145. The van der Waals surface area contributed by atoms with Crippen molar-refractivity contribution in [3.8, 4) is 5.69 Å². The summed E-state index contributed by atoms with van der Waals surface area (Å²) in [5.41, 5.74) is 1.84. The van der Waals surface area contributed by atoms with Crippen molar-refractivity contribution in [3.63, 3.8) is 0 Å². The van der Waals surface area contributed by atoms with Gasteiger partial charge >= 0.3 is 0 Å². The molecule has 1 N–H and O–H groups in total. The number of hydrogen-bond acceptors (Lipinski definition) is 5. The van der Waals surface area contributed by atoms with Crippen molar-refractivity contribution in [2.24, 2.45) is 5.92 Å². The zero-order valence-corrected chi connectivity index (χ0v) is 12.3. The van der Waals surface area contributed by atoms with Gasteiger partial charge in [0.15, 0.2) is 0 Å². The van der Waals surface area contributed by atoms with Crippen LogP contribution in [0.5, 0.6) is 0 Å². The average molecular weight is 301 g/mol. The molecule has 1 aliphatic heterocycles. The van der Waals surface area contributed by atoms with Crippen LogP contribution in [0.25, 0.3) is 5.69 Å². The van der Waals surface area contributed by atoms with E-state index in [1.54, 1.807) is 4.68 Å². The first-order valence-corrected chi connectivity index (χ1v) is 7.47. The van der Waals surface area contributed by atoms with E-state index in [2.05, 4.69) is 15.5 Å². The second-order valence-electron chi connectivity index (χ2n) is 5.60. The number of hydrogen-bond donors (Lipinski definition) is 1. The molecule has 0 bridgehead atoms. The molecule has 1 fully saturated rings. The minimum atomic E-state index is 0.145. The molecule has 3 rings (SSSR count). The number of likely N-dealkylation sites (tertiary alicyclic amines) is 1. The highest BCUT2D eigenvalue weighted by atomic mass is 16.3. The second-order valence-corrected chi connectivity index (χ2v) is 5.60.